The van der Waals surface area contributed by atoms with E-state index in [4.69, 9.17) is 0 Å². The van der Waals surface area contributed by atoms with Gasteiger partial charge in [-0.05, 0) is 49.6 Å². The zero-order valence-electron chi connectivity index (χ0n) is 15.1. The smallest absolute Gasteiger partial charge is 0.243 e. The number of nitrogens with zero attached hydrogens (tertiary/aromatic N) is 1. The van der Waals surface area contributed by atoms with E-state index in [0.29, 0.717) is 19.4 Å². The van der Waals surface area contributed by atoms with Crippen molar-refractivity contribution < 1.29 is 13.2 Å². The molecule has 1 saturated heterocycles. The molecule has 1 amide bonds. The highest BCUT2D eigenvalue weighted by Crippen LogP contribution is 2.25. The molecule has 144 valence electrons. The average molecular weight is 451 g/mol. The molecule has 2 aromatic carbocycles. The summed E-state index contributed by atoms with van der Waals surface area (Å²) in [6.07, 6.45) is 1.37. The lowest BCUT2D eigenvalue weighted by Gasteiger charge is -2.32. The molecule has 1 heterocycles. The van der Waals surface area contributed by atoms with Crippen LogP contribution in [0.5, 0.6) is 0 Å². The standard InChI is InChI=1S/C20H23BrN2O3S/c1-15(16-6-3-2-4-7-16)22-20(24)17-8-5-13-23(14-17)27(25,26)19-11-9-18(21)10-12-19/h2-4,6-7,9-12,15,17H,5,8,13-14H2,1H3,(H,22,24)/t15-,17-/m1/s1. The fourth-order valence-corrected chi connectivity index (χ4v) is 5.07. The van der Waals surface area contributed by atoms with Crippen LogP contribution in [0.3, 0.4) is 0 Å². The Bertz CT molecular complexity index is 885. The van der Waals surface area contributed by atoms with Gasteiger partial charge in [0.2, 0.25) is 15.9 Å². The van der Waals surface area contributed by atoms with Gasteiger partial charge < -0.3 is 5.32 Å². The molecule has 3 rings (SSSR count). The van der Waals surface area contributed by atoms with Gasteiger partial charge >= 0.3 is 0 Å². The van der Waals surface area contributed by atoms with Crippen molar-refractivity contribution in [3.63, 3.8) is 0 Å². The fourth-order valence-electron chi connectivity index (χ4n) is 3.29. The molecular formula is C20H23BrN2O3S. The predicted octanol–water partition coefficient (Wildman–Crippen LogP) is 3.73. The van der Waals surface area contributed by atoms with Gasteiger partial charge in [-0.1, -0.05) is 46.3 Å². The van der Waals surface area contributed by atoms with Gasteiger partial charge in [0, 0.05) is 17.6 Å². The molecule has 7 heteroatoms. The summed E-state index contributed by atoms with van der Waals surface area (Å²) in [7, 11) is -3.59. The molecule has 0 aliphatic carbocycles. The van der Waals surface area contributed by atoms with Crippen molar-refractivity contribution in [2.45, 2.75) is 30.7 Å². The minimum atomic E-state index is -3.59. The molecule has 2 atom stereocenters. The van der Waals surface area contributed by atoms with Crippen molar-refractivity contribution in [3.05, 3.63) is 64.6 Å². The van der Waals surface area contributed by atoms with Gasteiger partial charge in [0.1, 0.15) is 0 Å². The Balaban J connectivity index is 1.68. The van der Waals surface area contributed by atoms with E-state index in [1.807, 2.05) is 37.3 Å². The van der Waals surface area contributed by atoms with Gasteiger partial charge in [0.05, 0.1) is 16.9 Å². The molecule has 5 nitrogen and oxygen atoms in total. The molecule has 1 aliphatic heterocycles. The van der Waals surface area contributed by atoms with Crippen LogP contribution in [0.4, 0.5) is 0 Å². The van der Waals surface area contributed by atoms with Crippen molar-refractivity contribution in [1.29, 1.82) is 0 Å². The van der Waals surface area contributed by atoms with Crippen LogP contribution in [0.25, 0.3) is 0 Å². The van der Waals surface area contributed by atoms with Gasteiger partial charge in [-0.3, -0.25) is 4.79 Å². The van der Waals surface area contributed by atoms with E-state index in [1.165, 1.54) is 4.31 Å². The first kappa shape index (κ1) is 20.0. The zero-order chi connectivity index (χ0) is 19.4. The van der Waals surface area contributed by atoms with E-state index < -0.39 is 10.0 Å². The highest BCUT2D eigenvalue weighted by molar-refractivity contribution is 9.10. The van der Waals surface area contributed by atoms with E-state index in [-0.39, 0.29) is 29.3 Å². The molecule has 1 aliphatic rings. The number of piperidine rings is 1. The Labute approximate surface area is 169 Å². The van der Waals surface area contributed by atoms with Gasteiger partial charge in [0.15, 0.2) is 0 Å². The lowest BCUT2D eigenvalue weighted by Crippen LogP contribution is -2.45. The first-order chi connectivity index (χ1) is 12.9. The Morgan fingerprint density at radius 1 is 1.15 bits per heavy atom. The zero-order valence-corrected chi connectivity index (χ0v) is 17.5. The second-order valence-corrected chi connectivity index (χ2v) is 9.65. The molecule has 0 aromatic heterocycles. The van der Waals surface area contributed by atoms with Crippen molar-refractivity contribution in [2.24, 2.45) is 5.92 Å². The largest absolute Gasteiger partial charge is 0.349 e. The number of sulfonamides is 1. The quantitative estimate of drug-likeness (QED) is 0.754. The number of hydrogen-bond acceptors (Lipinski definition) is 3. The molecule has 0 bridgehead atoms. The van der Waals surface area contributed by atoms with Crippen molar-refractivity contribution in [2.75, 3.05) is 13.1 Å². The van der Waals surface area contributed by atoms with E-state index in [2.05, 4.69) is 21.2 Å². The van der Waals surface area contributed by atoms with E-state index >= 15 is 0 Å². The summed E-state index contributed by atoms with van der Waals surface area (Å²) >= 11 is 3.32. The Morgan fingerprint density at radius 2 is 1.81 bits per heavy atom. The third-order valence-electron chi connectivity index (χ3n) is 4.86. The molecule has 0 radical (unpaired) electrons. The van der Waals surface area contributed by atoms with Crippen LogP contribution >= 0.6 is 15.9 Å². The second kappa shape index (κ2) is 8.54. The van der Waals surface area contributed by atoms with Crippen molar-refractivity contribution >= 4 is 31.9 Å². The van der Waals surface area contributed by atoms with Crippen LogP contribution in [0.1, 0.15) is 31.4 Å². The van der Waals surface area contributed by atoms with E-state index in [0.717, 1.165) is 10.0 Å². The molecule has 1 N–H and O–H groups in total. The molecule has 2 aromatic rings. The summed E-state index contributed by atoms with van der Waals surface area (Å²) in [5.41, 5.74) is 1.03. The third kappa shape index (κ3) is 4.78. The molecule has 0 spiro atoms. The number of benzene rings is 2. The molecule has 0 saturated carbocycles. The molecule has 0 unspecified atom stereocenters. The summed E-state index contributed by atoms with van der Waals surface area (Å²) < 4.78 is 28.0. The Kier molecular flexibility index (Phi) is 6.34. The van der Waals surface area contributed by atoms with Crippen LogP contribution in [0.15, 0.2) is 64.0 Å². The number of carbonyl (C=O) groups is 1. The predicted molar refractivity (Wildman–Crippen MR) is 109 cm³/mol. The highest BCUT2D eigenvalue weighted by Gasteiger charge is 2.33. The number of halogens is 1. The molecular weight excluding hydrogens is 428 g/mol. The number of carbonyl (C=O) groups excluding carboxylic acids is 1. The minimum Gasteiger partial charge on any atom is -0.349 e. The number of rotatable bonds is 5. The summed E-state index contributed by atoms with van der Waals surface area (Å²) in [6.45, 7) is 2.59. The maximum absolute atomic E-state index is 12.9. The lowest BCUT2D eigenvalue weighted by molar-refractivity contribution is -0.126. The highest BCUT2D eigenvalue weighted by atomic mass is 79.9. The normalized spacial score (nSPS) is 19.4. The van der Waals surface area contributed by atoms with Crippen LogP contribution in [0.2, 0.25) is 0 Å². The summed E-state index contributed by atoms with van der Waals surface area (Å²) in [6, 6.07) is 16.2. The van der Waals surface area contributed by atoms with E-state index in [1.54, 1.807) is 24.3 Å². The topological polar surface area (TPSA) is 66.5 Å². The first-order valence-electron chi connectivity index (χ1n) is 8.99. The third-order valence-corrected chi connectivity index (χ3v) is 7.27. The van der Waals surface area contributed by atoms with Gasteiger partial charge in [-0.25, -0.2) is 8.42 Å². The monoisotopic (exact) mass is 450 g/mol. The Morgan fingerprint density at radius 3 is 2.48 bits per heavy atom. The molecule has 1 fully saturated rings. The SMILES string of the molecule is C[C@@H](NC(=O)[C@@H]1CCCN(S(=O)(=O)c2ccc(Br)cc2)C1)c1ccccc1. The van der Waals surface area contributed by atoms with Crippen LogP contribution < -0.4 is 5.32 Å². The lowest BCUT2D eigenvalue weighted by atomic mass is 9.98. The maximum Gasteiger partial charge on any atom is 0.243 e. The number of hydrogen-bond donors (Lipinski definition) is 1. The number of amides is 1. The van der Waals surface area contributed by atoms with E-state index in [9.17, 15) is 13.2 Å². The van der Waals surface area contributed by atoms with Crippen LogP contribution in [-0.4, -0.2) is 31.7 Å². The van der Waals surface area contributed by atoms with Crippen LogP contribution in [-0.2, 0) is 14.8 Å². The molecule has 27 heavy (non-hydrogen) atoms. The second-order valence-electron chi connectivity index (χ2n) is 6.80. The summed E-state index contributed by atoms with van der Waals surface area (Å²) in [5, 5.41) is 3.02. The number of nitrogens with one attached hydrogen (secondary N) is 1. The average Bonchev–Trinajstić information content (AvgIpc) is 2.69. The summed E-state index contributed by atoms with van der Waals surface area (Å²) in [5.74, 6) is -0.433. The summed E-state index contributed by atoms with van der Waals surface area (Å²) in [4.78, 5) is 13.0. The van der Waals surface area contributed by atoms with Gasteiger partial charge in [-0.2, -0.15) is 4.31 Å². The van der Waals surface area contributed by atoms with Crippen molar-refractivity contribution in [3.8, 4) is 0 Å². The van der Waals surface area contributed by atoms with Gasteiger partial charge in [0.25, 0.3) is 0 Å². The fraction of sp³-hybridized carbons (Fsp3) is 0.350. The van der Waals surface area contributed by atoms with Crippen LogP contribution in [0, 0.1) is 5.92 Å². The van der Waals surface area contributed by atoms with Crippen molar-refractivity contribution in [1.82, 2.24) is 9.62 Å². The minimum absolute atomic E-state index is 0.0953. The maximum atomic E-state index is 12.9. The Hall–Kier alpha value is -1.70. The first-order valence-corrected chi connectivity index (χ1v) is 11.2. The van der Waals surface area contributed by atoms with Gasteiger partial charge in [-0.15, -0.1) is 0 Å².